The van der Waals surface area contributed by atoms with Gasteiger partial charge in [0, 0.05) is 12.2 Å². The van der Waals surface area contributed by atoms with Crippen LogP contribution in [0, 0.1) is 0 Å². The van der Waals surface area contributed by atoms with E-state index < -0.39 is 10.0 Å². The second-order valence-corrected chi connectivity index (χ2v) is 7.90. The van der Waals surface area contributed by atoms with Crippen LogP contribution in [0.5, 0.6) is 5.75 Å². The fourth-order valence-corrected chi connectivity index (χ4v) is 4.24. The van der Waals surface area contributed by atoms with Gasteiger partial charge in [-0.2, -0.15) is 0 Å². The van der Waals surface area contributed by atoms with Gasteiger partial charge in [0.2, 0.25) is 10.0 Å². The summed E-state index contributed by atoms with van der Waals surface area (Å²) in [4.78, 5) is 4.12. The van der Waals surface area contributed by atoms with Crippen LogP contribution in [0.4, 0.5) is 11.4 Å². The smallest absolute Gasteiger partial charge is 0.237 e. The van der Waals surface area contributed by atoms with Crippen LogP contribution >= 0.6 is 0 Å². The molecule has 0 fully saturated rings. The van der Waals surface area contributed by atoms with E-state index in [4.69, 9.17) is 10.5 Å². The minimum absolute atomic E-state index is 0.0909. The lowest BCUT2D eigenvalue weighted by atomic mass is 10.2. The predicted octanol–water partition coefficient (Wildman–Crippen LogP) is 1.81. The number of aliphatic imine (C=N–C) groups is 1. The summed E-state index contributed by atoms with van der Waals surface area (Å²) in [5.74, 6) is 0.821. The molecule has 2 aromatic rings. The highest BCUT2D eigenvalue weighted by Crippen LogP contribution is 2.29. The Morgan fingerprint density at radius 1 is 1.23 bits per heavy atom. The van der Waals surface area contributed by atoms with Crippen molar-refractivity contribution in [1.29, 1.82) is 0 Å². The first kappa shape index (κ1) is 18.1. The maximum Gasteiger partial charge on any atom is 0.237 e. The Kier molecular flexibility index (Phi) is 5.32. The molecular formula is C18H22N4O3S. The third kappa shape index (κ3) is 4.08. The van der Waals surface area contributed by atoms with Crippen LogP contribution in [0.2, 0.25) is 0 Å². The zero-order valence-electron chi connectivity index (χ0n) is 14.6. The molecule has 26 heavy (non-hydrogen) atoms. The zero-order chi connectivity index (χ0) is 18.6. The SMILES string of the molecule is COc1ccc(NC(N)=NCCS(=O)(=O)N2CCc3ccccc32)cc1. The van der Waals surface area contributed by atoms with Gasteiger partial charge in [-0.1, -0.05) is 18.2 Å². The van der Waals surface area contributed by atoms with Crippen LogP contribution in [0.1, 0.15) is 5.56 Å². The third-order valence-electron chi connectivity index (χ3n) is 4.17. The number of nitrogens with one attached hydrogen (secondary N) is 1. The normalized spacial score (nSPS) is 14.2. The van der Waals surface area contributed by atoms with Gasteiger partial charge in [0.1, 0.15) is 5.75 Å². The topological polar surface area (TPSA) is 97.0 Å². The van der Waals surface area contributed by atoms with Crippen molar-refractivity contribution in [2.45, 2.75) is 6.42 Å². The van der Waals surface area contributed by atoms with Gasteiger partial charge in [-0.15, -0.1) is 0 Å². The molecule has 0 amide bonds. The monoisotopic (exact) mass is 374 g/mol. The average Bonchev–Trinajstić information content (AvgIpc) is 3.07. The predicted molar refractivity (Wildman–Crippen MR) is 104 cm³/mol. The Balaban J connectivity index is 1.58. The van der Waals surface area contributed by atoms with Gasteiger partial charge in [-0.05, 0) is 42.3 Å². The van der Waals surface area contributed by atoms with Crippen molar-refractivity contribution < 1.29 is 13.2 Å². The summed E-state index contributed by atoms with van der Waals surface area (Å²) < 4.78 is 31.7. The van der Waals surface area contributed by atoms with Gasteiger partial charge in [-0.25, -0.2) is 8.42 Å². The van der Waals surface area contributed by atoms with E-state index in [1.165, 1.54) is 4.31 Å². The quantitative estimate of drug-likeness (QED) is 0.594. The number of para-hydroxylation sites is 1. The van der Waals surface area contributed by atoms with Crippen molar-refractivity contribution in [1.82, 2.24) is 0 Å². The van der Waals surface area contributed by atoms with Crippen LogP contribution < -0.4 is 20.1 Å². The molecule has 1 heterocycles. The molecule has 138 valence electrons. The van der Waals surface area contributed by atoms with Crippen molar-refractivity contribution in [3.63, 3.8) is 0 Å². The van der Waals surface area contributed by atoms with E-state index in [1.54, 1.807) is 31.4 Å². The number of nitrogens with two attached hydrogens (primary N) is 1. The molecule has 0 radical (unpaired) electrons. The zero-order valence-corrected chi connectivity index (χ0v) is 15.4. The second kappa shape index (κ2) is 7.65. The summed E-state index contributed by atoms with van der Waals surface area (Å²) >= 11 is 0. The highest BCUT2D eigenvalue weighted by atomic mass is 32.2. The molecule has 8 heteroatoms. The van der Waals surface area contributed by atoms with Crippen molar-refractivity contribution in [2.75, 3.05) is 35.6 Å². The van der Waals surface area contributed by atoms with E-state index in [-0.39, 0.29) is 18.3 Å². The molecule has 3 rings (SSSR count). The first-order valence-electron chi connectivity index (χ1n) is 8.29. The number of nitrogens with zero attached hydrogens (tertiary/aromatic N) is 2. The Hall–Kier alpha value is -2.74. The molecule has 0 aliphatic carbocycles. The van der Waals surface area contributed by atoms with Gasteiger partial charge < -0.3 is 15.8 Å². The number of fused-ring (bicyclic) bond motifs is 1. The molecule has 0 spiro atoms. The standard InChI is InChI=1S/C18H22N4O3S/c1-25-16-8-6-15(7-9-16)21-18(19)20-11-13-26(23,24)22-12-10-14-4-2-3-5-17(14)22/h2-9H,10-13H2,1H3,(H3,19,20,21). The minimum atomic E-state index is -3.42. The number of sulfonamides is 1. The van der Waals surface area contributed by atoms with Crippen LogP contribution in [0.3, 0.4) is 0 Å². The lowest BCUT2D eigenvalue weighted by Crippen LogP contribution is -2.33. The molecule has 1 aliphatic heterocycles. The molecule has 0 atom stereocenters. The number of anilines is 2. The molecule has 1 aliphatic rings. The number of hydrogen-bond acceptors (Lipinski definition) is 4. The number of ether oxygens (including phenoxy) is 1. The molecular weight excluding hydrogens is 352 g/mol. The van der Waals surface area contributed by atoms with E-state index in [0.717, 1.165) is 29.1 Å². The highest BCUT2D eigenvalue weighted by Gasteiger charge is 2.28. The fraction of sp³-hybridized carbons (Fsp3) is 0.278. The summed E-state index contributed by atoms with van der Waals surface area (Å²) in [6.45, 7) is 0.570. The van der Waals surface area contributed by atoms with Crippen molar-refractivity contribution in [3.05, 3.63) is 54.1 Å². The van der Waals surface area contributed by atoms with Crippen molar-refractivity contribution >= 4 is 27.4 Å². The van der Waals surface area contributed by atoms with Gasteiger partial charge in [0.15, 0.2) is 5.96 Å². The molecule has 0 saturated heterocycles. The molecule has 2 aromatic carbocycles. The van der Waals surface area contributed by atoms with Crippen LogP contribution in [-0.2, 0) is 16.4 Å². The van der Waals surface area contributed by atoms with Gasteiger partial charge in [-0.3, -0.25) is 9.30 Å². The number of guanidine groups is 1. The van der Waals surface area contributed by atoms with Gasteiger partial charge >= 0.3 is 0 Å². The molecule has 0 saturated carbocycles. The summed E-state index contributed by atoms with van der Waals surface area (Å²) in [5.41, 5.74) is 8.41. The number of methoxy groups -OCH3 is 1. The largest absolute Gasteiger partial charge is 0.497 e. The highest BCUT2D eigenvalue weighted by molar-refractivity contribution is 7.92. The number of rotatable bonds is 6. The summed E-state index contributed by atoms with van der Waals surface area (Å²) in [7, 11) is -1.83. The van der Waals surface area contributed by atoms with Crippen LogP contribution in [0.25, 0.3) is 0 Å². The van der Waals surface area contributed by atoms with Gasteiger partial charge in [0.25, 0.3) is 0 Å². The van der Waals surface area contributed by atoms with Crippen LogP contribution in [-0.4, -0.2) is 40.3 Å². The third-order valence-corrected chi connectivity index (χ3v) is 5.92. The number of hydrogen-bond donors (Lipinski definition) is 2. The minimum Gasteiger partial charge on any atom is -0.497 e. The first-order chi connectivity index (χ1) is 12.5. The van der Waals surface area contributed by atoms with E-state index in [0.29, 0.717) is 6.54 Å². The summed E-state index contributed by atoms with van der Waals surface area (Å²) in [6.07, 6.45) is 0.736. The van der Waals surface area contributed by atoms with E-state index in [2.05, 4.69) is 10.3 Å². The maximum absolute atomic E-state index is 12.6. The van der Waals surface area contributed by atoms with Crippen molar-refractivity contribution in [3.8, 4) is 5.75 Å². The molecule has 7 nitrogen and oxygen atoms in total. The van der Waals surface area contributed by atoms with Crippen LogP contribution in [0.15, 0.2) is 53.5 Å². The van der Waals surface area contributed by atoms with E-state index >= 15 is 0 Å². The lowest BCUT2D eigenvalue weighted by Gasteiger charge is -2.18. The average molecular weight is 374 g/mol. The molecule has 3 N–H and O–H groups in total. The molecule has 0 aromatic heterocycles. The van der Waals surface area contributed by atoms with E-state index in [1.807, 2.05) is 24.3 Å². The first-order valence-corrected chi connectivity index (χ1v) is 9.90. The van der Waals surface area contributed by atoms with Crippen molar-refractivity contribution in [2.24, 2.45) is 10.7 Å². The lowest BCUT2D eigenvalue weighted by molar-refractivity contribution is 0.415. The second-order valence-electron chi connectivity index (χ2n) is 5.89. The van der Waals surface area contributed by atoms with Gasteiger partial charge in [0.05, 0.1) is 25.1 Å². The van der Waals surface area contributed by atoms with E-state index in [9.17, 15) is 8.42 Å². The molecule has 0 bridgehead atoms. The fourth-order valence-electron chi connectivity index (χ4n) is 2.85. The number of benzene rings is 2. The Labute approximate surface area is 153 Å². The maximum atomic E-state index is 12.6. The summed E-state index contributed by atoms with van der Waals surface area (Å²) in [5, 5.41) is 2.93. The summed E-state index contributed by atoms with van der Waals surface area (Å²) in [6, 6.07) is 14.8. The Morgan fingerprint density at radius 3 is 2.69 bits per heavy atom. The molecule has 0 unspecified atom stereocenters. The Morgan fingerprint density at radius 2 is 1.96 bits per heavy atom. The Bertz CT molecular complexity index is 895.